The molecule has 0 atom stereocenters. The summed E-state index contributed by atoms with van der Waals surface area (Å²) in [6.45, 7) is 0.438. The molecule has 0 unspecified atom stereocenters. The molecule has 3 heterocycles. The maximum atomic E-state index is 12.7. The fourth-order valence-corrected chi connectivity index (χ4v) is 3.37. The van der Waals surface area contributed by atoms with Crippen molar-refractivity contribution in [1.82, 2.24) is 19.5 Å². The quantitative estimate of drug-likeness (QED) is 0.484. The second-order valence-electron chi connectivity index (χ2n) is 6.67. The second-order valence-corrected chi connectivity index (χ2v) is 6.67. The average molecular weight is 364 g/mol. The Labute approximate surface area is 161 Å². The van der Waals surface area contributed by atoms with Gasteiger partial charge in [-0.3, -0.25) is 14.3 Å². The monoisotopic (exact) mass is 364 g/mol. The van der Waals surface area contributed by atoms with Crippen LogP contribution in [0.4, 0.5) is 0 Å². The number of hydrogen-bond acceptors (Lipinski definition) is 4. The Balaban J connectivity index is 1.52. The standard InChI is InChI=1S/C23H16N4O/c28-23-22-21(9-4-10-24-22)26-15-27(23)14-16-5-3-7-17(11-16)19-12-18-6-1-2-8-20(18)25-13-19/h1-13,15H,14H2. The zero-order valence-electron chi connectivity index (χ0n) is 15.0. The fraction of sp³-hybridized carbons (Fsp3) is 0.0435. The lowest BCUT2D eigenvalue weighted by Crippen LogP contribution is -2.21. The number of aromatic nitrogens is 4. The number of pyridine rings is 2. The third-order valence-electron chi connectivity index (χ3n) is 4.79. The van der Waals surface area contributed by atoms with Gasteiger partial charge >= 0.3 is 0 Å². The molecule has 0 bridgehead atoms. The van der Waals surface area contributed by atoms with E-state index in [4.69, 9.17) is 0 Å². The highest BCUT2D eigenvalue weighted by atomic mass is 16.1. The highest BCUT2D eigenvalue weighted by Crippen LogP contribution is 2.23. The summed E-state index contributed by atoms with van der Waals surface area (Å²) in [7, 11) is 0. The van der Waals surface area contributed by atoms with E-state index in [1.54, 1.807) is 29.2 Å². The SMILES string of the molecule is O=c1c2ncccc2ncn1Cc1cccc(-c2cnc3ccccc3c2)c1. The molecule has 0 saturated carbocycles. The number of para-hydroxylation sites is 1. The Morgan fingerprint density at radius 3 is 2.64 bits per heavy atom. The van der Waals surface area contributed by atoms with Gasteiger partial charge in [0.05, 0.1) is 23.9 Å². The normalized spacial score (nSPS) is 11.1. The molecule has 0 aliphatic carbocycles. The van der Waals surface area contributed by atoms with E-state index < -0.39 is 0 Å². The van der Waals surface area contributed by atoms with Crippen LogP contribution in [0, 0.1) is 0 Å². The van der Waals surface area contributed by atoms with Gasteiger partial charge in [0.2, 0.25) is 0 Å². The van der Waals surface area contributed by atoms with Gasteiger partial charge in [-0.25, -0.2) is 9.97 Å². The van der Waals surface area contributed by atoms with Crippen molar-refractivity contribution < 1.29 is 0 Å². The molecule has 0 aliphatic heterocycles. The van der Waals surface area contributed by atoms with Gasteiger partial charge in [0, 0.05) is 23.3 Å². The van der Waals surface area contributed by atoms with Crippen LogP contribution in [0.15, 0.2) is 90.2 Å². The summed E-state index contributed by atoms with van der Waals surface area (Å²) < 4.78 is 1.59. The Hall–Kier alpha value is -3.86. The van der Waals surface area contributed by atoms with Crippen molar-refractivity contribution >= 4 is 21.9 Å². The molecule has 0 saturated heterocycles. The molecule has 5 aromatic rings. The van der Waals surface area contributed by atoms with Gasteiger partial charge in [-0.15, -0.1) is 0 Å². The number of hydrogen-bond donors (Lipinski definition) is 0. The summed E-state index contributed by atoms with van der Waals surface area (Å²) in [6, 6.07) is 21.9. The van der Waals surface area contributed by atoms with Gasteiger partial charge in [-0.2, -0.15) is 0 Å². The third kappa shape index (κ3) is 2.93. The van der Waals surface area contributed by atoms with E-state index >= 15 is 0 Å². The molecule has 0 amide bonds. The van der Waals surface area contributed by atoms with Gasteiger partial charge in [0.15, 0.2) is 5.52 Å². The van der Waals surface area contributed by atoms with E-state index in [-0.39, 0.29) is 5.56 Å². The lowest BCUT2D eigenvalue weighted by atomic mass is 10.0. The van der Waals surface area contributed by atoms with Crippen LogP contribution in [0.1, 0.15) is 5.56 Å². The number of nitrogens with zero attached hydrogens (tertiary/aromatic N) is 4. The second kappa shape index (κ2) is 6.70. The molecular formula is C23H16N4O. The minimum atomic E-state index is -0.136. The van der Waals surface area contributed by atoms with Crippen LogP contribution >= 0.6 is 0 Å². The van der Waals surface area contributed by atoms with Crippen LogP contribution in [0.3, 0.4) is 0 Å². The summed E-state index contributed by atoms with van der Waals surface area (Å²) in [4.78, 5) is 25.7. The van der Waals surface area contributed by atoms with E-state index in [1.165, 1.54) is 0 Å². The maximum Gasteiger partial charge on any atom is 0.280 e. The Kier molecular flexibility index (Phi) is 3.91. The van der Waals surface area contributed by atoms with Crippen LogP contribution in [0.5, 0.6) is 0 Å². The predicted octanol–water partition coefficient (Wildman–Crippen LogP) is 4.06. The topological polar surface area (TPSA) is 60.7 Å². The highest BCUT2D eigenvalue weighted by molar-refractivity contribution is 5.83. The molecule has 2 aromatic carbocycles. The molecule has 0 N–H and O–H groups in total. The van der Waals surface area contributed by atoms with Gasteiger partial charge in [-0.05, 0) is 41.5 Å². The van der Waals surface area contributed by atoms with Crippen molar-refractivity contribution in [2.45, 2.75) is 6.54 Å². The van der Waals surface area contributed by atoms with E-state index in [2.05, 4.69) is 39.2 Å². The summed E-state index contributed by atoms with van der Waals surface area (Å²) in [5.41, 5.74) is 4.97. The van der Waals surface area contributed by atoms with Crippen LogP contribution in [-0.4, -0.2) is 19.5 Å². The van der Waals surface area contributed by atoms with E-state index in [9.17, 15) is 4.79 Å². The van der Waals surface area contributed by atoms with Crippen LogP contribution in [0.2, 0.25) is 0 Å². The first-order valence-electron chi connectivity index (χ1n) is 9.02. The van der Waals surface area contributed by atoms with Gasteiger partial charge in [0.25, 0.3) is 5.56 Å². The first-order valence-corrected chi connectivity index (χ1v) is 9.02. The minimum Gasteiger partial charge on any atom is -0.293 e. The molecular weight excluding hydrogens is 348 g/mol. The summed E-state index contributed by atoms with van der Waals surface area (Å²) in [5.74, 6) is 0. The number of rotatable bonds is 3. The lowest BCUT2D eigenvalue weighted by Gasteiger charge is -2.09. The van der Waals surface area contributed by atoms with Gasteiger partial charge < -0.3 is 0 Å². The Morgan fingerprint density at radius 2 is 1.68 bits per heavy atom. The van der Waals surface area contributed by atoms with Gasteiger partial charge in [-0.1, -0.05) is 36.4 Å². The smallest absolute Gasteiger partial charge is 0.280 e. The molecule has 134 valence electrons. The molecule has 3 aromatic heterocycles. The van der Waals surface area contributed by atoms with Crippen molar-refractivity contribution in [2.24, 2.45) is 0 Å². The molecule has 0 radical (unpaired) electrons. The molecule has 5 rings (SSSR count). The fourth-order valence-electron chi connectivity index (χ4n) is 3.37. The average Bonchev–Trinajstić information content (AvgIpc) is 2.76. The van der Waals surface area contributed by atoms with Crippen molar-refractivity contribution in [3.63, 3.8) is 0 Å². The number of fused-ring (bicyclic) bond motifs is 2. The zero-order valence-corrected chi connectivity index (χ0v) is 15.0. The minimum absolute atomic E-state index is 0.136. The first kappa shape index (κ1) is 16.3. The van der Waals surface area contributed by atoms with Crippen molar-refractivity contribution in [3.05, 3.63) is 101 Å². The van der Waals surface area contributed by atoms with Gasteiger partial charge in [0.1, 0.15) is 0 Å². The van der Waals surface area contributed by atoms with Crippen LogP contribution in [-0.2, 0) is 6.54 Å². The van der Waals surface area contributed by atoms with E-state index in [0.717, 1.165) is 27.6 Å². The van der Waals surface area contributed by atoms with Crippen LogP contribution < -0.4 is 5.56 Å². The third-order valence-corrected chi connectivity index (χ3v) is 4.79. The van der Waals surface area contributed by atoms with Crippen molar-refractivity contribution in [2.75, 3.05) is 0 Å². The van der Waals surface area contributed by atoms with Crippen LogP contribution in [0.25, 0.3) is 33.1 Å². The predicted molar refractivity (Wildman–Crippen MR) is 110 cm³/mol. The first-order chi connectivity index (χ1) is 13.8. The Morgan fingerprint density at radius 1 is 0.786 bits per heavy atom. The molecule has 5 nitrogen and oxygen atoms in total. The van der Waals surface area contributed by atoms with Crippen molar-refractivity contribution in [3.8, 4) is 11.1 Å². The molecule has 0 aliphatic rings. The summed E-state index contributed by atoms with van der Waals surface area (Å²) >= 11 is 0. The molecule has 5 heteroatoms. The summed E-state index contributed by atoms with van der Waals surface area (Å²) in [5, 5.41) is 1.10. The lowest BCUT2D eigenvalue weighted by molar-refractivity contribution is 0.746. The molecule has 0 fully saturated rings. The Bertz CT molecular complexity index is 1370. The largest absolute Gasteiger partial charge is 0.293 e. The molecule has 0 spiro atoms. The van der Waals surface area contributed by atoms with Crippen molar-refractivity contribution in [1.29, 1.82) is 0 Å². The highest BCUT2D eigenvalue weighted by Gasteiger charge is 2.07. The summed E-state index contributed by atoms with van der Waals surface area (Å²) in [6.07, 6.45) is 5.08. The van der Waals surface area contributed by atoms with E-state index in [0.29, 0.717) is 17.6 Å². The maximum absolute atomic E-state index is 12.7. The zero-order chi connectivity index (χ0) is 18.9. The molecule has 28 heavy (non-hydrogen) atoms. The number of benzene rings is 2. The van der Waals surface area contributed by atoms with E-state index in [1.807, 2.05) is 36.5 Å².